The van der Waals surface area contributed by atoms with E-state index in [1.54, 1.807) is 15.6 Å². The van der Waals surface area contributed by atoms with Gasteiger partial charge in [-0.2, -0.15) is 5.10 Å². The first kappa shape index (κ1) is 22.3. The summed E-state index contributed by atoms with van der Waals surface area (Å²) in [5, 5.41) is 10.2. The lowest BCUT2D eigenvalue weighted by Crippen LogP contribution is -2.50. The van der Waals surface area contributed by atoms with Gasteiger partial charge in [-0.15, -0.1) is 0 Å². The summed E-state index contributed by atoms with van der Waals surface area (Å²) in [5.74, 6) is -0.550. The van der Waals surface area contributed by atoms with Crippen LogP contribution in [-0.4, -0.2) is 73.8 Å². The quantitative estimate of drug-likeness (QED) is 0.661. The number of urea groups is 1. The molecule has 34 heavy (non-hydrogen) atoms. The lowest BCUT2D eigenvalue weighted by molar-refractivity contribution is -0.133. The Balaban J connectivity index is 1.32. The fraction of sp³-hybridized carbons (Fsp3) is 0.565. The fourth-order valence-electron chi connectivity index (χ4n) is 5.23. The standard InChI is InChI=1S/C23H29N7O4/c31-19-8-11-25-23(34)29(19)13-9-20(32)28-12-3-6-17(28)18-7-10-24-21-16(14-26-30(18)21)22(33)27-15-4-1-2-5-15/h7,10,14-15,17H,1-6,8-9,11-13H2,(H,25,34)(H,27,33)/t17-/m1/s1. The molecule has 1 aliphatic carbocycles. The number of hydrogen-bond donors (Lipinski definition) is 2. The Hall–Kier alpha value is -3.50. The van der Waals surface area contributed by atoms with E-state index in [9.17, 15) is 19.2 Å². The maximum absolute atomic E-state index is 13.1. The Bertz CT molecular complexity index is 1110. The second-order valence-corrected chi connectivity index (χ2v) is 9.14. The smallest absolute Gasteiger partial charge is 0.324 e. The zero-order valence-corrected chi connectivity index (χ0v) is 19.0. The monoisotopic (exact) mass is 467 g/mol. The molecular formula is C23H29N7O4. The molecule has 2 aromatic heterocycles. The van der Waals surface area contributed by atoms with E-state index in [-0.39, 0.29) is 49.2 Å². The Morgan fingerprint density at radius 3 is 2.76 bits per heavy atom. The van der Waals surface area contributed by atoms with Gasteiger partial charge in [-0.05, 0) is 31.7 Å². The molecule has 0 aromatic carbocycles. The van der Waals surface area contributed by atoms with Crippen molar-refractivity contribution in [2.45, 2.75) is 63.5 Å². The number of hydrogen-bond acceptors (Lipinski definition) is 6. The molecule has 4 heterocycles. The van der Waals surface area contributed by atoms with Crippen LogP contribution in [0.1, 0.15) is 73.5 Å². The zero-order chi connectivity index (χ0) is 23.7. The third-order valence-corrected chi connectivity index (χ3v) is 6.99. The third-order valence-electron chi connectivity index (χ3n) is 6.99. The maximum atomic E-state index is 13.1. The van der Waals surface area contributed by atoms with E-state index in [2.05, 4.69) is 20.7 Å². The van der Waals surface area contributed by atoms with Crippen LogP contribution in [0.15, 0.2) is 18.5 Å². The van der Waals surface area contributed by atoms with Gasteiger partial charge in [-0.25, -0.2) is 14.3 Å². The van der Waals surface area contributed by atoms with E-state index in [0.29, 0.717) is 24.3 Å². The second-order valence-electron chi connectivity index (χ2n) is 9.14. The molecule has 0 unspecified atom stereocenters. The van der Waals surface area contributed by atoms with Gasteiger partial charge < -0.3 is 15.5 Å². The number of nitrogens with zero attached hydrogens (tertiary/aromatic N) is 5. The summed E-state index contributed by atoms with van der Waals surface area (Å²) in [5.41, 5.74) is 1.70. The van der Waals surface area contributed by atoms with Crippen molar-refractivity contribution in [3.8, 4) is 0 Å². The number of carbonyl (C=O) groups is 4. The largest absolute Gasteiger partial charge is 0.349 e. The molecule has 2 saturated heterocycles. The predicted molar refractivity (Wildman–Crippen MR) is 121 cm³/mol. The molecular weight excluding hydrogens is 438 g/mol. The van der Waals surface area contributed by atoms with Crippen LogP contribution in [0, 0.1) is 0 Å². The number of nitrogens with one attached hydrogen (secondary N) is 2. The fourth-order valence-corrected chi connectivity index (χ4v) is 5.23. The molecule has 1 saturated carbocycles. The molecule has 3 aliphatic rings. The second kappa shape index (κ2) is 9.40. The summed E-state index contributed by atoms with van der Waals surface area (Å²) >= 11 is 0. The minimum Gasteiger partial charge on any atom is -0.349 e. The third kappa shape index (κ3) is 4.22. The molecule has 11 heteroatoms. The average molecular weight is 468 g/mol. The van der Waals surface area contributed by atoms with Gasteiger partial charge in [-0.3, -0.25) is 19.3 Å². The first-order chi connectivity index (χ1) is 16.5. The van der Waals surface area contributed by atoms with Crippen LogP contribution in [0.25, 0.3) is 5.65 Å². The molecule has 5 rings (SSSR count). The van der Waals surface area contributed by atoms with Crippen LogP contribution in [0.4, 0.5) is 4.79 Å². The van der Waals surface area contributed by atoms with Crippen molar-refractivity contribution in [3.05, 3.63) is 29.7 Å². The van der Waals surface area contributed by atoms with E-state index in [0.717, 1.165) is 49.1 Å². The van der Waals surface area contributed by atoms with Crippen molar-refractivity contribution in [2.24, 2.45) is 0 Å². The normalized spacial score (nSPS) is 21.4. The highest BCUT2D eigenvalue weighted by molar-refractivity contribution is 6.00. The summed E-state index contributed by atoms with van der Waals surface area (Å²) in [4.78, 5) is 57.2. The summed E-state index contributed by atoms with van der Waals surface area (Å²) in [6, 6.07) is 1.37. The summed E-state index contributed by atoms with van der Waals surface area (Å²) in [7, 11) is 0. The lowest BCUT2D eigenvalue weighted by Gasteiger charge is -2.28. The minimum absolute atomic E-state index is 0.0612. The predicted octanol–water partition coefficient (Wildman–Crippen LogP) is 1.40. The number of fused-ring (bicyclic) bond motifs is 1. The van der Waals surface area contributed by atoms with Crippen LogP contribution in [-0.2, 0) is 9.59 Å². The number of imide groups is 1. The van der Waals surface area contributed by atoms with Gasteiger partial charge in [0.25, 0.3) is 5.91 Å². The maximum Gasteiger partial charge on any atom is 0.324 e. The van der Waals surface area contributed by atoms with E-state index in [4.69, 9.17) is 0 Å². The van der Waals surface area contributed by atoms with Crippen molar-refractivity contribution >= 4 is 29.4 Å². The number of amides is 5. The highest BCUT2D eigenvalue weighted by Crippen LogP contribution is 2.32. The Kier molecular flexibility index (Phi) is 6.16. The first-order valence-electron chi connectivity index (χ1n) is 12.0. The SMILES string of the molecule is O=C(NC1CCCC1)c1cnn2c([C@H]3CCCN3C(=O)CCN3C(=O)CCNC3=O)ccnc12. The number of carbonyl (C=O) groups excluding carboxylic acids is 4. The Morgan fingerprint density at radius 2 is 1.97 bits per heavy atom. The van der Waals surface area contributed by atoms with E-state index >= 15 is 0 Å². The van der Waals surface area contributed by atoms with Crippen LogP contribution in [0.5, 0.6) is 0 Å². The highest BCUT2D eigenvalue weighted by atomic mass is 16.2. The average Bonchev–Trinajstić information content (AvgIpc) is 3.58. The van der Waals surface area contributed by atoms with E-state index < -0.39 is 6.03 Å². The van der Waals surface area contributed by atoms with E-state index in [1.165, 1.54) is 6.20 Å². The van der Waals surface area contributed by atoms with Crippen LogP contribution >= 0.6 is 0 Å². The molecule has 0 bridgehead atoms. The van der Waals surface area contributed by atoms with Crippen LogP contribution < -0.4 is 10.6 Å². The molecule has 180 valence electrons. The molecule has 11 nitrogen and oxygen atoms in total. The van der Waals surface area contributed by atoms with E-state index in [1.807, 2.05) is 6.07 Å². The van der Waals surface area contributed by atoms with Crippen molar-refractivity contribution in [2.75, 3.05) is 19.6 Å². The topological polar surface area (TPSA) is 129 Å². The zero-order valence-electron chi connectivity index (χ0n) is 19.0. The van der Waals surface area contributed by atoms with Gasteiger partial charge >= 0.3 is 6.03 Å². The van der Waals surface area contributed by atoms with Crippen LogP contribution in [0.2, 0.25) is 0 Å². The number of aromatic nitrogens is 3. The lowest BCUT2D eigenvalue weighted by atomic mass is 10.1. The number of rotatable bonds is 6. The molecule has 1 atom stereocenters. The summed E-state index contributed by atoms with van der Waals surface area (Å²) < 4.78 is 1.65. The Labute approximate surface area is 196 Å². The van der Waals surface area contributed by atoms with Gasteiger partial charge in [0.2, 0.25) is 11.8 Å². The van der Waals surface area contributed by atoms with Gasteiger partial charge in [0.05, 0.1) is 17.9 Å². The van der Waals surface area contributed by atoms with Gasteiger partial charge in [0, 0.05) is 44.7 Å². The first-order valence-corrected chi connectivity index (χ1v) is 12.0. The van der Waals surface area contributed by atoms with Gasteiger partial charge in [0.15, 0.2) is 5.65 Å². The number of likely N-dealkylation sites (tertiary alicyclic amines) is 1. The van der Waals surface area contributed by atoms with Crippen molar-refractivity contribution < 1.29 is 19.2 Å². The molecule has 0 spiro atoms. The van der Waals surface area contributed by atoms with Gasteiger partial charge in [-0.1, -0.05) is 12.8 Å². The molecule has 5 amide bonds. The van der Waals surface area contributed by atoms with Crippen molar-refractivity contribution in [1.29, 1.82) is 0 Å². The molecule has 3 fully saturated rings. The highest BCUT2D eigenvalue weighted by Gasteiger charge is 2.34. The Morgan fingerprint density at radius 1 is 1.15 bits per heavy atom. The summed E-state index contributed by atoms with van der Waals surface area (Å²) in [6.07, 6.45) is 9.34. The molecule has 2 N–H and O–H groups in total. The molecule has 2 aromatic rings. The molecule has 2 aliphatic heterocycles. The summed E-state index contributed by atoms with van der Waals surface area (Å²) in [6.45, 7) is 0.981. The van der Waals surface area contributed by atoms with Crippen molar-refractivity contribution in [3.63, 3.8) is 0 Å². The van der Waals surface area contributed by atoms with Crippen molar-refractivity contribution in [1.82, 2.24) is 35.0 Å². The minimum atomic E-state index is -0.446. The van der Waals surface area contributed by atoms with Crippen LogP contribution in [0.3, 0.4) is 0 Å². The molecule has 0 radical (unpaired) electrons. The van der Waals surface area contributed by atoms with Gasteiger partial charge in [0.1, 0.15) is 5.56 Å².